The van der Waals surface area contributed by atoms with Crippen molar-refractivity contribution in [3.63, 3.8) is 0 Å². The van der Waals surface area contributed by atoms with Crippen molar-refractivity contribution in [2.24, 2.45) is 0 Å². The molecule has 0 bridgehead atoms. The minimum absolute atomic E-state index is 0.0222. The smallest absolute Gasteiger partial charge is 0.338 e. The van der Waals surface area contributed by atoms with Crippen LogP contribution in [0.3, 0.4) is 0 Å². The third-order valence-electron chi connectivity index (χ3n) is 6.01. The maximum absolute atomic E-state index is 12.5. The number of aliphatic carboxylic acids is 1. The summed E-state index contributed by atoms with van der Waals surface area (Å²) in [5.74, 6) is -0.999. The molecule has 3 aromatic carbocycles. The molecule has 11 nitrogen and oxygen atoms in total. The van der Waals surface area contributed by atoms with Crippen LogP contribution < -0.4 is 10.1 Å². The molecular formula is C33H39NO10. The summed E-state index contributed by atoms with van der Waals surface area (Å²) >= 11 is 0. The highest BCUT2D eigenvalue weighted by Crippen LogP contribution is 2.24. The van der Waals surface area contributed by atoms with Crippen LogP contribution >= 0.6 is 0 Å². The highest BCUT2D eigenvalue weighted by molar-refractivity contribution is 5.91. The van der Waals surface area contributed by atoms with Crippen LogP contribution in [0.5, 0.6) is 5.75 Å². The molecule has 0 spiro atoms. The molecular weight excluding hydrogens is 570 g/mol. The van der Waals surface area contributed by atoms with Crippen LogP contribution in [0, 0.1) is 0 Å². The highest BCUT2D eigenvalue weighted by Gasteiger charge is 2.10. The molecule has 0 saturated carbocycles. The zero-order valence-corrected chi connectivity index (χ0v) is 24.6. The molecule has 44 heavy (non-hydrogen) atoms. The van der Waals surface area contributed by atoms with Gasteiger partial charge in [-0.05, 0) is 41.0 Å². The molecule has 1 amide bonds. The van der Waals surface area contributed by atoms with E-state index in [1.807, 2.05) is 54.6 Å². The van der Waals surface area contributed by atoms with Gasteiger partial charge in [-0.1, -0.05) is 54.6 Å². The first kappa shape index (κ1) is 34.2. The minimum atomic E-state index is -0.891. The van der Waals surface area contributed by atoms with Crippen LogP contribution in [-0.4, -0.2) is 89.0 Å². The second-order valence-corrected chi connectivity index (χ2v) is 9.40. The summed E-state index contributed by atoms with van der Waals surface area (Å²) in [7, 11) is 0. The predicted molar refractivity (Wildman–Crippen MR) is 161 cm³/mol. The molecule has 0 aliphatic rings. The molecule has 0 heterocycles. The SMILES string of the molecule is O=C(O)CCOCCOCCOCCOCCNC(=O)COc1ccc(-c2cccc(C(=O)OCc3ccccc3)c2)cc1. The Morgan fingerprint density at radius 2 is 1.30 bits per heavy atom. The molecule has 236 valence electrons. The predicted octanol–water partition coefficient (Wildman–Crippen LogP) is 3.75. The van der Waals surface area contributed by atoms with E-state index in [1.165, 1.54) is 0 Å². The fraction of sp³-hybridized carbons (Fsp3) is 0.364. The molecule has 0 radical (unpaired) electrons. The number of nitrogens with one attached hydrogen (secondary N) is 1. The van der Waals surface area contributed by atoms with Crippen molar-refractivity contribution in [3.05, 3.63) is 90.0 Å². The van der Waals surface area contributed by atoms with Crippen molar-refractivity contribution in [2.45, 2.75) is 13.0 Å². The van der Waals surface area contributed by atoms with E-state index in [0.29, 0.717) is 64.1 Å². The summed E-state index contributed by atoms with van der Waals surface area (Å²) in [6, 6.07) is 24.0. The molecule has 3 rings (SSSR count). The maximum atomic E-state index is 12.5. The Labute approximate surface area is 257 Å². The van der Waals surface area contributed by atoms with Gasteiger partial charge in [-0.2, -0.15) is 0 Å². The Hall–Kier alpha value is -4.29. The van der Waals surface area contributed by atoms with Crippen LogP contribution in [-0.2, 0) is 39.9 Å². The van der Waals surface area contributed by atoms with Gasteiger partial charge in [0.2, 0.25) is 0 Å². The third-order valence-corrected chi connectivity index (χ3v) is 6.01. The molecule has 2 N–H and O–H groups in total. The zero-order chi connectivity index (χ0) is 31.2. The number of ether oxygens (including phenoxy) is 6. The van der Waals surface area contributed by atoms with Gasteiger partial charge in [-0.3, -0.25) is 9.59 Å². The first-order valence-corrected chi connectivity index (χ1v) is 14.3. The molecule has 0 aliphatic carbocycles. The number of amides is 1. The second-order valence-electron chi connectivity index (χ2n) is 9.40. The lowest BCUT2D eigenvalue weighted by Gasteiger charge is -2.10. The van der Waals surface area contributed by atoms with Gasteiger partial charge in [-0.25, -0.2) is 4.79 Å². The highest BCUT2D eigenvalue weighted by atomic mass is 16.6. The van der Waals surface area contributed by atoms with Crippen molar-refractivity contribution >= 4 is 17.8 Å². The maximum Gasteiger partial charge on any atom is 0.338 e. The van der Waals surface area contributed by atoms with Crippen molar-refractivity contribution < 1.29 is 47.9 Å². The van der Waals surface area contributed by atoms with Crippen LogP contribution in [0.25, 0.3) is 11.1 Å². The van der Waals surface area contributed by atoms with E-state index in [1.54, 1.807) is 24.3 Å². The molecule has 0 saturated heterocycles. The second kappa shape index (κ2) is 20.6. The summed E-state index contributed by atoms with van der Waals surface area (Å²) < 4.78 is 32.3. The lowest BCUT2D eigenvalue weighted by atomic mass is 10.0. The number of benzene rings is 3. The first-order valence-electron chi connectivity index (χ1n) is 14.3. The van der Waals surface area contributed by atoms with Crippen LogP contribution in [0.15, 0.2) is 78.9 Å². The van der Waals surface area contributed by atoms with Crippen LogP contribution in [0.2, 0.25) is 0 Å². The number of esters is 1. The van der Waals surface area contributed by atoms with Crippen molar-refractivity contribution in [2.75, 3.05) is 66.0 Å². The molecule has 0 aliphatic heterocycles. The molecule has 3 aromatic rings. The average Bonchev–Trinajstić information content (AvgIpc) is 3.05. The monoisotopic (exact) mass is 609 g/mol. The molecule has 0 unspecified atom stereocenters. The van der Waals surface area contributed by atoms with Crippen molar-refractivity contribution in [1.82, 2.24) is 5.32 Å². The molecule has 0 aromatic heterocycles. The van der Waals surface area contributed by atoms with Crippen LogP contribution in [0.1, 0.15) is 22.3 Å². The topological polar surface area (TPSA) is 139 Å². The van der Waals surface area contributed by atoms with Crippen molar-refractivity contribution in [3.8, 4) is 16.9 Å². The number of hydrogen-bond donors (Lipinski definition) is 2. The normalized spacial score (nSPS) is 10.7. The zero-order valence-electron chi connectivity index (χ0n) is 24.6. The van der Waals surface area contributed by atoms with Crippen LogP contribution in [0.4, 0.5) is 0 Å². The summed E-state index contributed by atoms with van der Waals surface area (Å²) in [4.78, 5) is 35.0. The first-order chi connectivity index (χ1) is 21.5. The number of carbonyl (C=O) groups excluding carboxylic acids is 2. The Morgan fingerprint density at radius 3 is 1.95 bits per heavy atom. The largest absolute Gasteiger partial charge is 0.484 e. The van der Waals surface area contributed by atoms with Crippen molar-refractivity contribution in [1.29, 1.82) is 0 Å². The van der Waals surface area contributed by atoms with Gasteiger partial charge in [0.1, 0.15) is 12.4 Å². The van der Waals surface area contributed by atoms with E-state index in [9.17, 15) is 14.4 Å². The van der Waals surface area contributed by atoms with E-state index in [2.05, 4.69) is 5.32 Å². The Kier molecular flexibility index (Phi) is 16.0. The quantitative estimate of drug-likeness (QED) is 0.128. The summed E-state index contributed by atoms with van der Waals surface area (Å²) in [5, 5.41) is 11.2. The van der Waals surface area contributed by atoms with Gasteiger partial charge in [0.25, 0.3) is 5.91 Å². The van der Waals surface area contributed by atoms with Gasteiger partial charge in [0, 0.05) is 6.54 Å². The van der Waals surface area contributed by atoms with E-state index in [-0.39, 0.29) is 32.1 Å². The van der Waals surface area contributed by atoms with E-state index in [0.717, 1.165) is 16.7 Å². The number of carboxylic acid groups (broad SMARTS) is 1. The Bertz CT molecular complexity index is 1270. The fourth-order valence-electron chi connectivity index (χ4n) is 3.76. The summed E-state index contributed by atoms with van der Waals surface area (Å²) in [6.45, 7) is 3.24. The lowest BCUT2D eigenvalue weighted by Crippen LogP contribution is -2.31. The minimum Gasteiger partial charge on any atom is -0.484 e. The third kappa shape index (κ3) is 14.3. The molecule has 11 heteroatoms. The fourth-order valence-corrected chi connectivity index (χ4v) is 3.76. The Morgan fingerprint density at radius 1 is 0.659 bits per heavy atom. The lowest BCUT2D eigenvalue weighted by molar-refractivity contribution is -0.138. The van der Waals surface area contributed by atoms with E-state index >= 15 is 0 Å². The van der Waals surface area contributed by atoms with Gasteiger partial charge < -0.3 is 38.8 Å². The average molecular weight is 610 g/mol. The van der Waals surface area contributed by atoms with E-state index < -0.39 is 11.9 Å². The van der Waals surface area contributed by atoms with Gasteiger partial charge in [0.05, 0.1) is 64.8 Å². The van der Waals surface area contributed by atoms with Gasteiger partial charge >= 0.3 is 11.9 Å². The Balaban J connectivity index is 1.22. The van der Waals surface area contributed by atoms with Gasteiger partial charge in [0.15, 0.2) is 6.61 Å². The summed E-state index contributed by atoms with van der Waals surface area (Å²) in [5.41, 5.74) is 3.14. The summed E-state index contributed by atoms with van der Waals surface area (Å²) in [6.07, 6.45) is -0.0222. The number of carbonyl (C=O) groups is 3. The molecule has 0 fully saturated rings. The van der Waals surface area contributed by atoms with E-state index in [4.69, 9.17) is 33.5 Å². The standard InChI is InChI=1S/C33H39NO10/c35-31(34-14-16-40-18-20-42-22-21-41-19-17-39-15-13-32(36)37)25-43-30-11-9-27(10-12-30)28-7-4-8-29(23-28)33(38)44-24-26-5-2-1-3-6-26/h1-12,23H,13-22,24-25H2,(H,34,35)(H,36,37). The number of rotatable bonds is 22. The number of carboxylic acids is 1. The number of hydrogen-bond acceptors (Lipinski definition) is 9. The molecule has 0 atom stereocenters. The van der Waals surface area contributed by atoms with Gasteiger partial charge in [-0.15, -0.1) is 0 Å².